The molecule has 2 atom stereocenters. The third-order valence-electron chi connectivity index (χ3n) is 6.74. The number of piperidine rings is 2. The number of aryl methyl sites for hydroxylation is 1. The number of carbonyl (C=O) groups excluding carboxylic acids is 1. The summed E-state index contributed by atoms with van der Waals surface area (Å²) < 4.78 is 0. The van der Waals surface area contributed by atoms with Crippen molar-refractivity contribution in [3.63, 3.8) is 0 Å². The third kappa shape index (κ3) is 3.11. The quantitative estimate of drug-likeness (QED) is 0.879. The molecular weight excluding hydrogens is 296 g/mol. The zero-order valence-corrected chi connectivity index (χ0v) is 14.9. The maximum Gasteiger partial charge on any atom is 0.251 e. The van der Waals surface area contributed by atoms with E-state index < -0.39 is 0 Å². The van der Waals surface area contributed by atoms with Crippen LogP contribution in [-0.4, -0.2) is 30.1 Å². The zero-order chi connectivity index (χ0) is 16.5. The summed E-state index contributed by atoms with van der Waals surface area (Å²) in [7, 11) is 0. The molecule has 130 valence electrons. The highest BCUT2D eigenvalue weighted by Crippen LogP contribution is 2.26. The summed E-state index contributed by atoms with van der Waals surface area (Å²) >= 11 is 0. The molecule has 1 amide bonds. The van der Waals surface area contributed by atoms with Gasteiger partial charge in [-0.2, -0.15) is 0 Å². The fraction of sp³-hybridized carbons (Fsp3) is 0.667. The lowest BCUT2D eigenvalue weighted by Gasteiger charge is -2.48. The molecule has 2 saturated heterocycles. The number of rotatable bonds is 3. The highest BCUT2D eigenvalue weighted by atomic mass is 16.1. The molecule has 4 rings (SSSR count). The Morgan fingerprint density at radius 2 is 1.58 bits per heavy atom. The van der Waals surface area contributed by atoms with Crippen molar-refractivity contribution in [1.82, 2.24) is 5.32 Å². The van der Waals surface area contributed by atoms with Crippen molar-refractivity contribution in [3.05, 3.63) is 35.4 Å². The highest BCUT2D eigenvalue weighted by Gasteiger charge is 2.46. The van der Waals surface area contributed by atoms with E-state index in [2.05, 4.69) is 5.32 Å². The minimum absolute atomic E-state index is 0.125. The van der Waals surface area contributed by atoms with Crippen LogP contribution in [0.5, 0.6) is 0 Å². The summed E-state index contributed by atoms with van der Waals surface area (Å²) in [4.78, 5) is 14.6. The summed E-state index contributed by atoms with van der Waals surface area (Å²) in [5.74, 6) is 0.125. The van der Waals surface area contributed by atoms with Crippen LogP contribution in [0.15, 0.2) is 24.3 Å². The van der Waals surface area contributed by atoms with Crippen LogP contribution in [-0.2, 0) is 0 Å². The van der Waals surface area contributed by atoms with Gasteiger partial charge in [0.2, 0.25) is 0 Å². The molecule has 0 spiro atoms. The fourth-order valence-electron chi connectivity index (χ4n) is 5.70. The summed E-state index contributed by atoms with van der Waals surface area (Å²) in [6.07, 6.45) is 12.2. The van der Waals surface area contributed by atoms with Crippen LogP contribution in [0.4, 0.5) is 0 Å². The van der Waals surface area contributed by atoms with Gasteiger partial charge in [0.15, 0.2) is 0 Å². The first-order chi connectivity index (χ1) is 11.7. The number of hydrogen-bond donors (Lipinski definition) is 2. The molecule has 1 saturated carbocycles. The second-order valence-corrected chi connectivity index (χ2v) is 8.26. The lowest BCUT2D eigenvalue weighted by atomic mass is 9.80. The first-order valence-electron chi connectivity index (χ1n) is 9.95. The number of hydrogen-bond acceptors (Lipinski definition) is 1. The van der Waals surface area contributed by atoms with Crippen LogP contribution >= 0.6 is 0 Å². The standard InChI is InChI=1S/C21H30N2O/c1-15-7-2-5-12-20(15)21(24)22-16-13-18-10-6-11-19(14-16)23(18)17-8-3-4-9-17/h2,5,7,12,16-19H,3-4,6,8-11,13-14H2,1H3,(H,22,24)/p+1/t18-,19-/m1/s1. The Hall–Kier alpha value is -1.35. The van der Waals surface area contributed by atoms with Crippen LogP contribution in [0.3, 0.4) is 0 Å². The largest absolute Gasteiger partial charge is 0.349 e. The van der Waals surface area contributed by atoms with Gasteiger partial charge >= 0.3 is 0 Å². The van der Waals surface area contributed by atoms with E-state index in [9.17, 15) is 4.79 Å². The topological polar surface area (TPSA) is 33.5 Å². The Balaban J connectivity index is 1.43. The van der Waals surface area contributed by atoms with Crippen molar-refractivity contribution in [3.8, 4) is 0 Å². The van der Waals surface area contributed by atoms with Gasteiger partial charge in [0.1, 0.15) is 0 Å². The van der Waals surface area contributed by atoms with Gasteiger partial charge in [0.05, 0.1) is 18.1 Å². The molecule has 0 unspecified atom stereocenters. The smallest absolute Gasteiger partial charge is 0.251 e. The molecule has 0 aromatic heterocycles. The van der Waals surface area contributed by atoms with Crippen LogP contribution in [0.25, 0.3) is 0 Å². The SMILES string of the molecule is Cc1ccccc1C(=O)NC1C[C@H]2CCC[C@H](C1)[NH+]2C1CCCC1. The third-order valence-corrected chi connectivity index (χ3v) is 6.74. The predicted octanol–water partition coefficient (Wildman–Crippen LogP) is 2.64. The Morgan fingerprint density at radius 3 is 2.25 bits per heavy atom. The predicted molar refractivity (Wildman–Crippen MR) is 96.3 cm³/mol. The number of nitrogens with one attached hydrogen (secondary N) is 2. The molecular formula is C21H31N2O+. The molecule has 2 heterocycles. The van der Waals surface area contributed by atoms with Gasteiger partial charge in [-0.25, -0.2) is 0 Å². The lowest BCUT2D eigenvalue weighted by Crippen LogP contribution is -3.24. The monoisotopic (exact) mass is 327 g/mol. The number of quaternary nitrogens is 1. The van der Waals surface area contributed by atoms with Crippen LogP contribution < -0.4 is 10.2 Å². The average Bonchev–Trinajstić information content (AvgIpc) is 3.08. The summed E-state index contributed by atoms with van der Waals surface area (Å²) in [6.45, 7) is 2.02. The highest BCUT2D eigenvalue weighted by molar-refractivity contribution is 5.95. The average molecular weight is 327 g/mol. The Labute approximate surface area is 145 Å². The van der Waals surface area contributed by atoms with Gasteiger partial charge in [-0.3, -0.25) is 4.79 Å². The molecule has 1 aliphatic carbocycles. The maximum absolute atomic E-state index is 12.7. The Bertz CT molecular complexity index is 579. The molecule has 3 aliphatic rings. The second-order valence-electron chi connectivity index (χ2n) is 8.26. The Morgan fingerprint density at radius 1 is 0.958 bits per heavy atom. The molecule has 2 aliphatic heterocycles. The number of amides is 1. The van der Waals surface area contributed by atoms with Crippen LogP contribution in [0.1, 0.15) is 73.7 Å². The summed E-state index contributed by atoms with van der Waals surface area (Å²) in [5.41, 5.74) is 1.91. The molecule has 0 radical (unpaired) electrons. The molecule has 3 fully saturated rings. The summed E-state index contributed by atoms with van der Waals surface area (Å²) in [6, 6.07) is 10.8. The molecule has 24 heavy (non-hydrogen) atoms. The van der Waals surface area contributed by atoms with E-state index in [0.717, 1.165) is 29.3 Å². The van der Waals surface area contributed by atoms with E-state index in [1.54, 1.807) is 0 Å². The maximum atomic E-state index is 12.7. The molecule has 3 nitrogen and oxygen atoms in total. The number of carbonyl (C=O) groups is 1. The Kier molecular flexibility index (Phi) is 4.62. The van der Waals surface area contributed by atoms with Crippen molar-refractivity contribution in [2.24, 2.45) is 0 Å². The first kappa shape index (κ1) is 16.1. The van der Waals surface area contributed by atoms with Crippen molar-refractivity contribution in [2.75, 3.05) is 0 Å². The number of fused-ring (bicyclic) bond motifs is 2. The minimum atomic E-state index is 0.125. The van der Waals surface area contributed by atoms with Gasteiger partial charge in [-0.15, -0.1) is 0 Å². The van der Waals surface area contributed by atoms with Crippen LogP contribution in [0.2, 0.25) is 0 Å². The van der Waals surface area contributed by atoms with E-state index in [1.807, 2.05) is 36.1 Å². The fourth-order valence-corrected chi connectivity index (χ4v) is 5.70. The molecule has 1 aromatic carbocycles. The first-order valence-corrected chi connectivity index (χ1v) is 9.95. The minimum Gasteiger partial charge on any atom is -0.349 e. The van der Waals surface area contributed by atoms with Gasteiger partial charge < -0.3 is 10.2 Å². The second kappa shape index (κ2) is 6.87. The van der Waals surface area contributed by atoms with Crippen molar-refractivity contribution in [2.45, 2.75) is 88.9 Å². The number of benzene rings is 1. The summed E-state index contributed by atoms with van der Waals surface area (Å²) in [5, 5.41) is 3.36. The van der Waals surface area contributed by atoms with E-state index >= 15 is 0 Å². The normalized spacial score (nSPS) is 33.4. The van der Waals surface area contributed by atoms with Crippen molar-refractivity contribution < 1.29 is 9.69 Å². The molecule has 2 bridgehead atoms. The van der Waals surface area contributed by atoms with Gasteiger partial charge in [-0.05, 0) is 63.5 Å². The van der Waals surface area contributed by atoms with Crippen molar-refractivity contribution in [1.29, 1.82) is 0 Å². The van der Waals surface area contributed by atoms with E-state index in [-0.39, 0.29) is 5.91 Å². The van der Waals surface area contributed by atoms with E-state index in [4.69, 9.17) is 0 Å². The van der Waals surface area contributed by atoms with E-state index in [0.29, 0.717) is 6.04 Å². The molecule has 1 aromatic rings. The zero-order valence-electron chi connectivity index (χ0n) is 14.9. The van der Waals surface area contributed by atoms with Gasteiger partial charge in [-0.1, -0.05) is 18.2 Å². The molecule has 2 N–H and O–H groups in total. The van der Waals surface area contributed by atoms with Gasteiger partial charge in [0.25, 0.3) is 5.91 Å². The van der Waals surface area contributed by atoms with Gasteiger partial charge in [0, 0.05) is 24.4 Å². The van der Waals surface area contributed by atoms with E-state index in [1.165, 1.54) is 57.8 Å². The van der Waals surface area contributed by atoms with Crippen molar-refractivity contribution >= 4 is 5.91 Å². The van der Waals surface area contributed by atoms with Crippen LogP contribution in [0, 0.1) is 6.92 Å². The lowest BCUT2D eigenvalue weighted by molar-refractivity contribution is -0.982. The molecule has 3 heteroatoms.